The largest absolute Gasteiger partial charge is 0.385 e. The molecule has 2 nitrogen and oxygen atoms in total. The molecule has 2 fully saturated rings. The van der Waals surface area contributed by atoms with Gasteiger partial charge in [-0.25, -0.2) is 0 Å². The molecule has 100 valence electrons. The van der Waals surface area contributed by atoms with E-state index in [1.165, 1.54) is 44.9 Å². The Morgan fingerprint density at radius 1 is 1.12 bits per heavy atom. The molecule has 0 aromatic rings. The molecular formula is C15H29NO. The second-order valence-electron chi connectivity index (χ2n) is 6.18. The van der Waals surface area contributed by atoms with Crippen molar-refractivity contribution >= 4 is 0 Å². The molecule has 2 aliphatic rings. The van der Waals surface area contributed by atoms with Gasteiger partial charge in [-0.3, -0.25) is 0 Å². The van der Waals surface area contributed by atoms with Gasteiger partial charge in [0.05, 0.1) is 0 Å². The average Bonchev–Trinajstić information content (AvgIpc) is 2.38. The fourth-order valence-corrected chi connectivity index (χ4v) is 4.00. The van der Waals surface area contributed by atoms with Crippen molar-refractivity contribution in [1.29, 1.82) is 0 Å². The average molecular weight is 239 g/mol. The van der Waals surface area contributed by atoms with Gasteiger partial charge < -0.3 is 10.5 Å². The van der Waals surface area contributed by atoms with Crippen LogP contribution in [0.15, 0.2) is 0 Å². The Balaban J connectivity index is 1.74. The quantitative estimate of drug-likeness (QED) is 0.747. The lowest BCUT2D eigenvalue weighted by Gasteiger charge is -2.41. The summed E-state index contributed by atoms with van der Waals surface area (Å²) in [6.07, 6.45) is 12.4. The zero-order chi connectivity index (χ0) is 12.1. The lowest BCUT2D eigenvalue weighted by atomic mass is 9.66. The number of nitrogens with two attached hydrogens (primary N) is 1. The van der Waals surface area contributed by atoms with Crippen LogP contribution in [0, 0.1) is 17.8 Å². The first-order valence-corrected chi connectivity index (χ1v) is 7.55. The minimum absolute atomic E-state index is 0.424. The Bertz CT molecular complexity index is 219. The summed E-state index contributed by atoms with van der Waals surface area (Å²) in [6, 6.07) is 0.424. The predicted molar refractivity (Wildman–Crippen MR) is 71.9 cm³/mol. The van der Waals surface area contributed by atoms with Gasteiger partial charge in [0.15, 0.2) is 0 Å². The summed E-state index contributed by atoms with van der Waals surface area (Å²) in [6.45, 7) is 0.868. The van der Waals surface area contributed by atoms with Crippen LogP contribution in [0.3, 0.4) is 0 Å². The van der Waals surface area contributed by atoms with Gasteiger partial charge in [-0.05, 0) is 49.9 Å². The van der Waals surface area contributed by atoms with Crippen molar-refractivity contribution in [2.45, 2.75) is 63.8 Å². The van der Waals surface area contributed by atoms with E-state index in [-0.39, 0.29) is 0 Å². The van der Waals surface area contributed by atoms with Crippen LogP contribution in [0.4, 0.5) is 0 Å². The van der Waals surface area contributed by atoms with E-state index in [9.17, 15) is 0 Å². The Morgan fingerprint density at radius 3 is 2.65 bits per heavy atom. The number of fused-ring (bicyclic) bond motifs is 1. The summed E-state index contributed by atoms with van der Waals surface area (Å²) < 4.78 is 5.11. The molecule has 2 N–H and O–H groups in total. The summed E-state index contributed by atoms with van der Waals surface area (Å²) in [5, 5.41) is 0. The van der Waals surface area contributed by atoms with Crippen molar-refractivity contribution in [1.82, 2.24) is 0 Å². The van der Waals surface area contributed by atoms with Crippen LogP contribution < -0.4 is 5.73 Å². The monoisotopic (exact) mass is 239 g/mol. The molecular weight excluding hydrogens is 210 g/mol. The van der Waals surface area contributed by atoms with Crippen molar-refractivity contribution < 1.29 is 4.74 Å². The van der Waals surface area contributed by atoms with E-state index in [1.54, 1.807) is 7.11 Å². The molecule has 0 saturated heterocycles. The van der Waals surface area contributed by atoms with E-state index in [0.29, 0.717) is 6.04 Å². The summed E-state index contributed by atoms with van der Waals surface area (Å²) in [7, 11) is 1.78. The molecule has 4 atom stereocenters. The molecule has 0 radical (unpaired) electrons. The highest BCUT2D eigenvalue weighted by atomic mass is 16.5. The van der Waals surface area contributed by atoms with Gasteiger partial charge in [-0.2, -0.15) is 0 Å². The maximum Gasteiger partial charge on any atom is 0.0462 e. The summed E-state index contributed by atoms with van der Waals surface area (Å²) in [5.74, 6) is 2.85. The van der Waals surface area contributed by atoms with E-state index < -0.39 is 0 Å². The van der Waals surface area contributed by atoms with Crippen molar-refractivity contribution in [3.8, 4) is 0 Å². The molecule has 2 aliphatic carbocycles. The van der Waals surface area contributed by atoms with Gasteiger partial charge in [0.1, 0.15) is 0 Å². The normalized spacial score (nSPS) is 35.3. The van der Waals surface area contributed by atoms with Crippen molar-refractivity contribution in [2.24, 2.45) is 23.5 Å². The molecule has 0 aromatic heterocycles. The summed E-state index contributed by atoms with van der Waals surface area (Å²) >= 11 is 0. The van der Waals surface area contributed by atoms with Crippen LogP contribution in [0.2, 0.25) is 0 Å². The number of methoxy groups -OCH3 is 1. The zero-order valence-electron chi connectivity index (χ0n) is 11.4. The van der Waals surface area contributed by atoms with Gasteiger partial charge in [0.2, 0.25) is 0 Å². The van der Waals surface area contributed by atoms with Crippen molar-refractivity contribution in [2.75, 3.05) is 13.7 Å². The standard InChI is InChI=1S/C15H29NO/c1-17-10-4-7-15(16)14-9-8-12-5-2-3-6-13(12)11-14/h12-15H,2-11,16H2,1H3. The minimum atomic E-state index is 0.424. The molecule has 0 amide bonds. The van der Waals surface area contributed by atoms with E-state index >= 15 is 0 Å². The van der Waals surface area contributed by atoms with Gasteiger partial charge in [0, 0.05) is 19.8 Å². The third-order valence-electron chi connectivity index (χ3n) is 5.07. The highest BCUT2D eigenvalue weighted by molar-refractivity contribution is 4.87. The minimum Gasteiger partial charge on any atom is -0.385 e. The van der Waals surface area contributed by atoms with Crippen LogP contribution in [0.5, 0.6) is 0 Å². The molecule has 4 unspecified atom stereocenters. The lowest BCUT2D eigenvalue weighted by molar-refractivity contribution is 0.112. The van der Waals surface area contributed by atoms with Crippen LogP contribution in [0.1, 0.15) is 57.8 Å². The first kappa shape index (κ1) is 13.4. The van der Waals surface area contributed by atoms with E-state index in [0.717, 1.165) is 37.2 Å². The predicted octanol–water partition coefficient (Wildman–Crippen LogP) is 3.35. The van der Waals surface area contributed by atoms with Crippen LogP contribution >= 0.6 is 0 Å². The van der Waals surface area contributed by atoms with Gasteiger partial charge in [-0.15, -0.1) is 0 Å². The molecule has 0 spiro atoms. The Morgan fingerprint density at radius 2 is 1.88 bits per heavy atom. The molecule has 2 saturated carbocycles. The van der Waals surface area contributed by atoms with Gasteiger partial charge in [0.25, 0.3) is 0 Å². The Kier molecular flexibility index (Phi) is 5.30. The van der Waals surface area contributed by atoms with Crippen molar-refractivity contribution in [3.05, 3.63) is 0 Å². The lowest BCUT2D eigenvalue weighted by Crippen LogP contribution is -2.37. The summed E-state index contributed by atoms with van der Waals surface area (Å²) in [4.78, 5) is 0. The number of rotatable bonds is 5. The molecule has 0 aliphatic heterocycles. The van der Waals surface area contributed by atoms with Gasteiger partial charge in [-0.1, -0.05) is 25.7 Å². The maximum absolute atomic E-state index is 6.36. The number of ether oxygens (including phenoxy) is 1. The fraction of sp³-hybridized carbons (Fsp3) is 1.00. The number of hydrogen-bond acceptors (Lipinski definition) is 2. The highest BCUT2D eigenvalue weighted by Gasteiger charge is 2.33. The highest BCUT2D eigenvalue weighted by Crippen LogP contribution is 2.43. The molecule has 2 heteroatoms. The SMILES string of the molecule is COCCCC(N)C1CCC2CCCCC2C1. The summed E-state index contributed by atoms with van der Waals surface area (Å²) in [5.41, 5.74) is 6.36. The van der Waals surface area contributed by atoms with E-state index in [1.807, 2.05) is 0 Å². The first-order valence-electron chi connectivity index (χ1n) is 7.55. The molecule has 0 bridgehead atoms. The molecule has 0 heterocycles. The third kappa shape index (κ3) is 3.69. The van der Waals surface area contributed by atoms with Gasteiger partial charge >= 0.3 is 0 Å². The second-order valence-corrected chi connectivity index (χ2v) is 6.18. The van der Waals surface area contributed by atoms with Crippen LogP contribution in [-0.4, -0.2) is 19.8 Å². The Labute approximate surface area is 106 Å². The zero-order valence-corrected chi connectivity index (χ0v) is 11.4. The second kappa shape index (κ2) is 6.75. The number of hydrogen-bond donors (Lipinski definition) is 1. The third-order valence-corrected chi connectivity index (χ3v) is 5.07. The molecule has 17 heavy (non-hydrogen) atoms. The smallest absolute Gasteiger partial charge is 0.0462 e. The molecule has 0 aromatic carbocycles. The van der Waals surface area contributed by atoms with Crippen LogP contribution in [-0.2, 0) is 4.74 Å². The van der Waals surface area contributed by atoms with Crippen LogP contribution in [0.25, 0.3) is 0 Å². The Hall–Kier alpha value is -0.0800. The maximum atomic E-state index is 6.36. The topological polar surface area (TPSA) is 35.2 Å². The van der Waals surface area contributed by atoms with Crippen molar-refractivity contribution in [3.63, 3.8) is 0 Å². The first-order chi connectivity index (χ1) is 8.31. The van der Waals surface area contributed by atoms with E-state index in [2.05, 4.69) is 0 Å². The fourth-order valence-electron chi connectivity index (χ4n) is 4.00. The molecule has 2 rings (SSSR count). The van der Waals surface area contributed by atoms with E-state index in [4.69, 9.17) is 10.5 Å².